The maximum absolute atomic E-state index is 5.19. The maximum Gasteiger partial charge on any atom is 0.175 e. The molecule has 86 valence electrons. The van der Waals surface area contributed by atoms with E-state index in [1.807, 2.05) is 36.4 Å². The summed E-state index contributed by atoms with van der Waals surface area (Å²) in [7, 11) is 0. The lowest BCUT2D eigenvalue weighted by Gasteiger charge is -2.09. The van der Waals surface area contributed by atoms with Gasteiger partial charge in [0.05, 0.1) is 11.9 Å². The predicted molar refractivity (Wildman–Crippen MR) is 78.2 cm³/mol. The molecule has 0 aliphatic heterocycles. The van der Waals surface area contributed by atoms with Crippen LogP contribution in [0.2, 0.25) is 0 Å². The van der Waals surface area contributed by atoms with Crippen molar-refractivity contribution in [2.24, 2.45) is 0 Å². The van der Waals surface area contributed by atoms with Crippen molar-refractivity contribution >= 4 is 44.6 Å². The van der Waals surface area contributed by atoms with Gasteiger partial charge in [-0.1, -0.05) is 15.9 Å². The highest BCUT2D eigenvalue weighted by Gasteiger charge is 1.98. The third kappa shape index (κ3) is 3.80. The lowest BCUT2D eigenvalue weighted by atomic mass is 10.3. The summed E-state index contributed by atoms with van der Waals surface area (Å²) in [5, 5.41) is 6.68. The fourth-order valence-electron chi connectivity index (χ4n) is 1.26. The molecule has 2 rings (SSSR count). The highest BCUT2D eigenvalue weighted by atomic mass is 79.9. The zero-order valence-electron chi connectivity index (χ0n) is 8.85. The van der Waals surface area contributed by atoms with Crippen molar-refractivity contribution in [3.63, 3.8) is 0 Å². The second-order valence-electron chi connectivity index (χ2n) is 3.33. The van der Waals surface area contributed by atoms with Crippen LogP contribution >= 0.6 is 28.1 Å². The molecule has 0 unspecified atom stereocenters. The van der Waals surface area contributed by atoms with Gasteiger partial charge in [0.2, 0.25) is 0 Å². The van der Waals surface area contributed by atoms with Crippen molar-refractivity contribution in [2.75, 3.05) is 10.6 Å². The van der Waals surface area contributed by atoms with Gasteiger partial charge in [-0.25, -0.2) is 0 Å². The standard InChI is InChI=1S/C12H10BrN3S/c13-9-3-5-10(6-4-9)15-12(17)16-11-2-1-7-14-8-11/h1-8H,(H2,15,16,17). The molecule has 2 aromatic rings. The number of nitrogens with zero attached hydrogens (tertiary/aromatic N) is 1. The Kier molecular flexibility index (Phi) is 4.06. The molecule has 0 atom stereocenters. The van der Waals surface area contributed by atoms with Gasteiger partial charge in [-0.3, -0.25) is 4.98 Å². The highest BCUT2D eigenvalue weighted by molar-refractivity contribution is 9.10. The monoisotopic (exact) mass is 307 g/mol. The van der Waals surface area contributed by atoms with Gasteiger partial charge < -0.3 is 10.6 Å². The van der Waals surface area contributed by atoms with E-state index in [-0.39, 0.29) is 0 Å². The summed E-state index contributed by atoms with van der Waals surface area (Å²) >= 11 is 8.57. The van der Waals surface area contributed by atoms with E-state index in [2.05, 4.69) is 31.5 Å². The summed E-state index contributed by atoms with van der Waals surface area (Å²) in [5.74, 6) is 0. The Labute approximate surface area is 113 Å². The average Bonchev–Trinajstić information content (AvgIpc) is 2.33. The molecule has 5 heteroatoms. The van der Waals surface area contributed by atoms with Gasteiger partial charge in [0.1, 0.15) is 0 Å². The molecule has 3 nitrogen and oxygen atoms in total. The van der Waals surface area contributed by atoms with Gasteiger partial charge in [0, 0.05) is 16.4 Å². The SMILES string of the molecule is S=C(Nc1ccc(Br)cc1)Nc1cccnc1. The molecule has 0 amide bonds. The molecule has 17 heavy (non-hydrogen) atoms. The summed E-state index contributed by atoms with van der Waals surface area (Å²) in [4.78, 5) is 4.00. The number of pyridine rings is 1. The smallest absolute Gasteiger partial charge is 0.175 e. The summed E-state index contributed by atoms with van der Waals surface area (Å²) in [6, 6.07) is 11.6. The van der Waals surface area contributed by atoms with Gasteiger partial charge in [-0.2, -0.15) is 0 Å². The maximum atomic E-state index is 5.19. The molecule has 0 aliphatic rings. The first kappa shape index (κ1) is 12.0. The van der Waals surface area contributed by atoms with Crippen LogP contribution in [-0.2, 0) is 0 Å². The molecule has 0 bridgehead atoms. The van der Waals surface area contributed by atoms with Crippen LogP contribution in [0.4, 0.5) is 11.4 Å². The van der Waals surface area contributed by atoms with Crippen LogP contribution in [0, 0.1) is 0 Å². The lowest BCUT2D eigenvalue weighted by Crippen LogP contribution is -2.18. The van der Waals surface area contributed by atoms with E-state index in [1.165, 1.54) is 0 Å². The Morgan fingerprint density at radius 1 is 1.06 bits per heavy atom. The van der Waals surface area contributed by atoms with E-state index in [9.17, 15) is 0 Å². The van der Waals surface area contributed by atoms with Crippen LogP contribution in [-0.4, -0.2) is 10.1 Å². The third-order valence-electron chi connectivity index (χ3n) is 2.02. The van der Waals surface area contributed by atoms with Crippen molar-refractivity contribution in [2.45, 2.75) is 0 Å². The normalized spacial score (nSPS) is 9.71. The molecule has 1 aromatic heterocycles. The minimum Gasteiger partial charge on any atom is -0.332 e. The molecule has 0 spiro atoms. The molecular weight excluding hydrogens is 298 g/mol. The fourth-order valence-corrected chi connectivity index (χ4v) is 1.76. The second kappa shape index (κ2) is 5.75. The molecule has 0 saturated heterocycles. The van der Waals surface area contributed by atoms with Gasteiger partial charge in [0.15, 0.2) is 5.11 Å². The predicted octanol–water partition coefficient (Wildman–Crippen LogP) is 3.65. The molecule has 0 fully saturated rings. The molecule has 2 N–H and O–H groups in total. The van der Waals surface area contributed by atoms with E-state index >= 15 is 0 Å². The van der Waals surface area contributed by atoms with E-state index in [4.69, 9.17) is 12.2 Å². The first-order valence-electron chi connectivity index (χ1n) is 4.97. The van der Waals surface area contributed by atoms with Gasteiger partial charge in [0.25, 0.3) is 0 Å². The number of anilines is 2. The van der Waals surface area contributed by atoms with Crippen molar-refractivity contribution in [1.82, 2.24) is 4.98 Å². The zero-order chi connectivity index (χ0) is 12.1. The van der Waals surface area contributed by atoms with Crippen LogP contribution in [0.5, 0.6) is 0 Å². The number of hydrogen-bond acceptors (Lipinski definition) is 2. The Balaban J connectivity index is 1.96. The topological polar surface area (TPSA) is 37.0 Å². The summed E-state index contributed by atoms with van der Waals surface area (Å²) < 4.78 is 1.04. The number of nitrogens with one attached hydrogen (secondary N) is 2. The Morgan fingerprint density at radius 3 is 2.41 bits per heavy atom. The van der Waals surface area contributed by atoms with E-state index in [0.717, 1.165) is 15.8 Å². The first-order valence-corrected chi connectivity index (χ1v) is 6.18. The number of rotatable bonds is 2. The first-order chi connectivity index (χ1) is 8.24. The Hall–Kier alpha value is -1.46. The van der Waals surface area contributed by atoms with Crippen molar-refractivity contribution in [3.8, 4) is 0 Å². The number of benzene rings is 1. The fraction of sp³-hybridized carbons (Fsp3) is 0. The minimum atomic E-state index is 0.542. The number of halogens is 1. The number of hydrogen-bond donors (Lipinski definition) is 2. The molecule has 1 heterocycles. The summed E-state index contributed by atoms with van der Waals surface area (Å²) in [5.41, 5.74) is 1.80. The lowest BCUT2D eigenvalue weighted by molar-refractivity contribution is 1.33. The summed E-state index contributed by atoms with van der Waals surface area (Å²) in [6.45, 7) is 0. The van der Waals surface area contributed by atoms with Gasteiger partial charge in [-0.15, -0.1) is 0 Å². The largest absolute Gasteiger partial charge is 0.332 e. The van der Waals surface area contributed by atoms with Crippen molar-refractivity contribution in [3.05, 3.63) is 53.3 Å². The number of thiocarbonyl (C=S) groups is 1. The Bertz CT molecular complexity index is 499. The van der Waals surface area contributed by atoms with Crippen LogP contribution in [0.1, 0.15) is 0 Å². The van der Waals surface area contributed by atoms with E-state index in [1.54, 1.807) is 12.4 Å². The van der Waals surface area contributed by atoms with Crippen LogP contribution < -0.4 is 10.6 Å². The quantitative estimate of drug-likeness (QED) is 0.830. The Morgan fingerprint density at radius 2 is 1.76 bits per heavy atom. The molecular formula is C12H10BrN3S. The number of aromatic nitrogens is 1. The van der Waals surface area contributed by atoms with Crippen molar-refractivity contribution in [1.29, 1.82) is 0 Å². The molecule has 0 radical (unpaired) electrons. The van der Waals surface area contributed by atoms with Crippen LogP contribution in [0.3, 0.4) is 0 Å². The van der Waals surface area contributed by atoms with Gasteiger partial charge in [-0.05, 0) is 48.6 Å². The zero-order valence-corrected chi connectivity index (χ0v) is 11.3. The van der Waals surface area contributed by atoms with Crippen LogP contribution in [0.15, 0.2) is 53.3 Å². The molecule has 1 aromatic carbocycles. The highest BCUT2D eigenvalue weighted by Crippen LogP contribution is 2.14. The minimum absolute atomic E-state index is 0.542. The van der Waals surface area contributed by atoms with Crippen molar-refractivity contribution < 1.29 is 0 Å². The van der Waals surface area contributed by atoms with E-state index < -0.39 is 0 Å². The summed E-state index contributed by atoms with van der Waals surface area (Å²) in [6.07, 6.45) is 3.44. The van der Waals surface area contributed by atoms with E-state index in [0.29, 0.717) is 5.11 Å². The third-order valence-corrected chi connectivity index (χ3v) is 2.75. The van der Waals surface area contributed by atoms with Crippen LogP contribution in [0.25, 0.3) is 0 Å². The second-order valence-corrected chi connectivity index (χ2v) is 4.65. The van der Waals surface area contributed by atoms with Gasteiger partial charge >= 0.3 is 0 Å². The molecule has 0 aliphatic carbocycles. The molecule has 0 saturated carbocycles. The average molecular weight is 308 g/mol.